The van der Waals surface area contributed by atoms with Crippen LogP contribution in [0, 0.1) is 5.92 Å². The van der Waals surface area contributed by atoms with Crippen molar-refractivity contribution in [3.63, 3.8) is 0 Å². The molecule has 0 aromatic carbocycles. The van der Waals surface area contributed by atoms with E-state index in [0.717, 1.165) is 19.3 Å². The third-order valence-electron chi connectivity index (χ3n) is 3.71. The van der Waals surface area contributed by atoms with Crippen molar-refractivity contribution in [2.45, 2.75) is 64.7 Å². The quantitative estimate of drug-likeness (QED) is 0.310. The van der Waals surface area contributed by atoms with Crippen LogP contribution in [0.2, 0.25) is 0 Å². The fourth-order valence-corrected chi connectivity index (χ4v) is 2.15. The van der Waals surface area contributed by atoms with E-state index >= 15 is 0 Å². The summed E-state index contributed by atoms with van der Waals surface area (Å²) in [5.74, 6) is -1.57. The van der Waals surface area contributed by atoms with Crippen LogP contribution in [0.4, 0.5) is 0 Å². The van der Waals surface area contributed by atoms with Gasteiger partial charge in [-0.05, 0) is 44.9 Å². The standard InChI is InChI=1S/C21H34O3/c1-2-3-4-5-6-7-8-9-10-11-12-13-14-15-16-17-18-20(19-22)21(23)24/h6-7,9-10,12-13,15-16,20,22H,2-5,8,11,14,17-19H2,1H3,(H,23,24)/b7-6-,10-9-,13-12-,16-15-. The van der Waals surface area contributed by atoms with Gasteiger partial charge in [-0.1, -0.05) is 68.4 Å². The highest BCUT2D eigenvalue weighted by atomic mass is 16.4. The maximum atomic E-state index is 10.7. The smallest absolute Gasteiger partial charge is 0.308 e. The molecule has 0 aromatic heterocycles. The molecule has 0 aliphatic carbocycles. The summed E-state index contributed by atoms with van der Waals surface area (Å²) in [6, 6.07) is 0. The van der Waals surface area contributed by atoms with Crippen LogP contribution in [0.3, 0.4) is 0 Å². The molecule has 0 spiro atoms. The number of carboxylic acids is 1. The second-order valence-electron chi connectivity index (χ2n) is 5.88. The fraction of sp³-hybridized carbons (Fsp3) is 0.571. The minimum atomic E-state index is -0.923. The first kappa shape index (κ1) is 22.4. The van der Waals surface area contributed by atoms with Gasteiger partial charge in [-0.25, -0.2) is 0 Å². The largest absolute Gasteiger partial charge is 0.481 e. The topological polar surface area (TPSA) is 57.5 Å². The minimum Gasteiger partial charge on any atom is -0.481 e. The monoisotopic (exact) mass is 334 g/mol. The van der Waals surface area contributed by atoms with E-state index in [0.29, 0.717) is 12.8 Å². The molecule has 0 bridgehead atoms. The third kappa shape index (κ3) is 15.3. The first-order chi connectivity index (χ1) is 11.7. The van der Waals surface area contributed by atoms with Gasteiger partial charge in [0.05, 0.1) is 12.5 Å². The van der Waals surface area contributed by atoms with Gasteiger partial charge in [-0.15, -0.1) is 0 Å². The van der Waals surface area contributed by atoms with Gasteiger partial charge in [0.15, 0.2) is 0 Å². The van der Waals surface area contributed by atoms with Crippen LogP contribution >= 0.6 is 0 Å². The molecule has 0 aliphatic rings. The van der Waals surface area contributed by atoms with Crippen molar-refractivity contribution in [2.75, 3.05) is 6.61 Å². The number of aliphatic carboxylic acids is 1. The molecule has 1 atom stereocenters. The minimum absolute atomic E-state index is 0.288. The summed E-state index contributed by atoms with van der Waals surface area (Å²) in [6.07, 6.45) is 26.2. The van der Waals surface area contributed by atoms with Crippen molar-refractivity contribution in [1.29, 1.82) is 0 Å². The summed E-state index contributed by atoms with van der Waals surface area (Å²) in [7, 11) is 0. The molecule has 3 heteroatoms. The summed E-state index contributed by atoms with van der Waals surface area (Å²) in [5.41, 5.74) is 0. The van der Waals surface area contributed by atoms with Crippen LogP contribution < -0.4 is 0 Å². The number of hydrogen-bond donors (Lipinski definition) is 2. The first-order valence-corrected chi connectivity index (χ1v) is 9.16. The molecule has 0 radical (unpaired) electrons. The van der Waals surface area contributed by atoms with Crippen LogP contribution in [0.1, 0.15) is 64.7 Å². The van der Waals surface area contributed by atoms with Gasteiger partial charge in [0, 0.05) is 0 Å². The summed E-state index contributed by atoms with van der Waals surface area (Å²) in [6.45, 7) is 1.94. The van der Waals surface area contributed by atoms with Crippen molar-refractivity contribution in [3.8, 4) is 0 Å². The lowest BCUT2D eigenvalue weighted by Crippen LogP contribution is -2.17. The number of rotatable bonds is 15. The average molecular weight is 335 g/mol. The van der Waals surface area contributed by atoms with Crippen LogP contribution in [0.25, 0.3) is 0 Å². The number of aliphatic hydroxyl groups excluding tert-OH is 1. The SMILES string of the molecule is CCCCC/C=C\C/C=C\C/C=C\C/C=C\CCC(CO)C(=O)O. The zero-order valence-corrected chi connectivity index (χ0v) is 15.1. The lowest BCUT2D eigenvalue weighted by molar-refractivity contribution is -0.143. The van der Waals surface area contributed by atoms with Crippen molar-refractivity contribution >= 4 is 5.97 Å². The Labute approximate surface area is 147 Å². The molecule has 0 saturated carbocycles. The van der Waals surface area contributed by atoms with Crippen LogP contribution in [-0.4, -0.2) is 22.8 Å². The van der Waals surface area contributed by atoms with Crippen LogP contribution in [0.15, 0.2) is 48.6 Å². The number of carboxylic acid groups (broad SMARTS) is 1. The summed E-state index contributed by atoms with van der Waals surface area (Å²) < 4.78 is 0. The van der Waals surface area contributed by atoms with E-state index in [2.05, 4.69) is 43.4 Å². The molecule has 0 aromatic rings. The molecule has 0 fully saturated rings. The van der Waals surface area contributed by atoms with Crippen molar-refractivity contribution < 1.29 is 15.0 Å². The normalized spacial score (nSPS) is 13.8. The second-order valence-corrected chi connectivity index (χ2v) is 5.88. The first-order valence-electron chi connectivity index (χ1n) is 9.16. The molecule has 0 amide bonds. The van der Waals surface area contributed by atoms with Gasteiger partial charge >= 0.3 is 5.97 Å². The summed E-state index contributed by atoms with van der Waals surface area (Å²) in [5, 5.41) is 17.7. The van der Waals surface area contributed by atoms with Gasteiger partial charge in [-0.2, -0.15) is 0 Å². The maximum absolute atomic E-state index is 10.7. The molecular formula is C21H34O3. The molecule has 24 heavy (non-hydrogen) atoms. The lowest BCUT2D eigenvalue weighted by Gasteiger charge is -2.05. The molecular weight excluding hydrogens is 300 g/mol. The van der Waals surface area contributed by atoms with E-state index in [1.165, 1.54) is 25.7 Å². The van der Waals surface area contributed by atoms with Crippen LogP contribution in [0.5, 0.6) is 0 Å². The summed E-state index contributed by atoms with van der Waals surface area (Å²) in [4.78, 5) is 10.7. The predicted octanol–water partition coefficient (Wildman–Crippen LogP) is 5.44. The molecule has 0 heterocycles. The van der Waals surface area contributed by atoms with E-state index in [1.54, 1.807) is 0 Å². The molecule has 0 saturated heterocycles. The Kier molecular flexibility index (Phi) is 16.5. The number of carbonyl (C=O) groups is 1. The molecule has 2 N–H and O–H groups in total. The molecule has 1 unspecified atom stereocenters. The van der Waals surface area contributed by atoms with Gasteiger partial charge in [-0.3, -0.25) is 4.79 Å². The van der Waals surface area contributed by atoms with E-state index in [1.807, 2.05) is 12.2 Å². The second kappa shape index (κ2) is 17.7. The Morgan fingerprint density at radius 3 is 1.79 bits per heavy atom. The Balaban J connectivity index is 3.56. The molecule has 0 aliphatic heterocycles. The maximum Gasteiger partial charge on any atom is 0.308 e. The number of unbranched alkanes of at least 4 members (excludes halogenated alkanes) is 3. The average Bonchev–Trinajstić information content (AvgIpc) is 2.57. The van der Waals surface area contributed by atoms with Gasteiger partial charge in [0.1, 0.15) is 0 Å². The van der Waals surface area contributed by atoms with Crippen molar-refractivity contribution in [1.82, 2.24) is 0 Å². The highest BCUT2D eigenvalue weighted by Gasteiger charge is 2.14. The Hall–Kier alpha value is -1.61. The number of hydrogen-bond acceptors (Lipinski definition) is 2. The van der Waals surface area contributed by atoms with Crippen LogP contribution in [-0.2, 0) is 4.79 Å². The highest BCUT2D eigenvalue weighted by Crippen LogP contribution is 2.07. The van der Waals surface area contributed by atoms with E-state index in [9.17, 15) is 4.79 Å². The molecule has 0 rings (SSSR count). The van der Waals surface area contributed by atoms with Crippen molar-refractivity contribution in [3.05, 3.63) is 48.6 Å². The molecule has 136 valence electrons. The number of allylic oxidation sites excluding steroid dienone is 8. The zero-order valence-electron chi connectivity index (χ0n) is 15.1. The predicted molar refractivity (Wildman–Crippen MR) is 102 cm³/mol. The van der Waals surface area contributed by atoms with Gasteiger partial charge < -0.3 is 10.2 Å². The molecule has 3 nitrogen and oxygen atoms in total. The van der Waals surface area contributed by atoms with E-state index in [4.69, 9.17) is 10.2 Å². The van der Waals surface area contributed by atoms with E-state index in [-0.39, 0.29) is 6.61 Å². The van der Waals surface area contributed by atoms with Gasteiger partial charge in [0.25, 0.3) is 0 Å². The lowest BCUT2D eigenvalue weighted by atomic mass is 10.0. The number of aliphatic hydroxyl groups is 1. The zero-order chi connectivity index (χ0) is 17.9. The Bertz CT molecular complexity index is 405. The summed E-state index contributed by atoms with van der Waals surface area (Å²) >= 11 is 0. The van der Waals surface area contributed by atoms with E-state index < -0.39 is 11.9 Å². The highest BCUT2D eigenvalue weighted by molar-refractivity contribution is 5.70. The van der Waals surface area contributed by atoms with Gasteiger partial charge in [0.2, 0.25) is 0 Å². The third-order valence-corrected chi connectivity index (χ3v) is 3.71. The fourth-order valence-electron chi connectivity index (χ4n) is 2.15. The van der Waals surface area contributed by atoms with Crippen molar-refractivity contribution in [2.24, 2.45) is 5.92 Å². The Morgan fingerprint density at radius 1 is 0.833 bits per heavy atom. The Morgan fingerprint density at radius 2 is 1.33 bits per heavy atom.